The minimum atomic E-state index is -0.629. The molecule has 0 aliphatic rings. The summed E-state index contributed by atoms with van der Waals surface area (Å²) in [6, 6.07) is 2.69. The molecule has 0 fully saturated rings. The molecule has 0 aromatic carbocycles. The Morgan fingerprint density at radius 1 is 1.06 bits per heavy atom. The molecule has 90 valence electrons. The maximum absolute atomic E-state index is 10.9. The fourth-order valence-electron chi connectivity index (χ4n) is 0.758. The minimum Gasteiger partial charge on any atom is -0.463 e. The van der Waals surface area contributed by atoms with Gasteiger partial charge in [-0.3, -0.25) is 0 Å². The van der Waals surface area contributed by atoms with Gasteiger partial charge in [0.15, 0.2) is 0 Å². The van der Waals surface area contributed by atoms with E-state index in [-0.39, 0.29) is 11.5 Å². The third-order valence-electron chi connectivity index (χ3n) is 1.38. The lowest BCUT2D eigenvalue weighted by Gasteiger charge is -1.93. The molecule has 1 aromatic heterocycles. The monoisotopic (exact) mass is 228 g/mol. The minimum absolute atomic E-state index is 0.0251. The molecule has 16 heavy (non-hydrogen) atoms. The first-order valence-corrected chi connectivity index (χ1v) is 4.87. The summed E-state index contributed by atoms with van der Waals surface area (Å²) >= 11 is 0. The van der Waals surface area contributed by atoms with Crippen LogP contribution in [0.2, 0.25) is 0 Å². The zero-order valence-electron chi connectivity index (χ0n) is 9.90. The van der Waals surface area contributed by atoms with Crippen molar-refractivity contribution in [1.29, 1.82) is 0 Å². The van der Waals surface area contributed by atoms with E-state index in [1.807, 2.05) is 0 Å². The van der Waals surface area contributed by atoms with Crippen LogP contribution in [0.1, 0.15) is 41.4 Å². The van der Waals surface area contributed by atoms with Crippen LogP contribution >= 0.6 is 0 Å². The molecule has 0 atom stereocenters. The van der Waals surface area contributed by atoms with Gasteiger partial charge < -0.3 is 13.9 Å². The van der Waals surface area contributed by atoms with E-state index in [1.165, 1.54) is 32.8 Å². The van der Waals surface area contributed by atoms with E-state index in [9.17, 15) is 9.59 Å². The molecular weight excluding hydrogens is 212 g/mol. The van der Waals surface area contributed by atoms with Gasteiger partial charge in [-0.15, -0.1) is 0 Å². The average molecular weight is 228 g/mol. The standard InChI is InChI=1S/C8H8O5.C3H8/c1-11-7(9)5-3-4-6(13-5)8(10)12-2;1-3-2/h3-4H,1-2H3;3H2,1-2H3. The van der Waals surface area contributed by atoms with Crippen LogP contribution in [0.15, 0.2) is 16.5 Å². The number of methoxy groups -OCH3 is 2. The molecule has 5 heteroatoms. The second-order valence-electron chi connectivity index (χ2n) is 2.85. The van der Waals surface area contributed by atoms with Crippen molar-refractivity contribution in [2.24, 2.45) is 0 Å². The quantitative estimate of drug-likeness (QED) is 0.726. The summed E-state index contributed by atoms with van der Waals surface area (Å²) in [6.07, 6.45) is 1.25. The topological polar surface area (TPSA) is 65.7 Å². The van der Waals surface area contributed by atoms with Gasteiger partial charge in [-0.2, -0.15) is 0 Å². The highest BCUT2D eigenvalue weighted by Crippen LogP contribution is 2.09. The first kappa shape index (κ1) is 14.2. The van der Waals surface area contributed by atoms with Crippen molar-refractivity contribution in [2.75, 3.05) is 14.2 Å². The molecule has 0 bridgehead atoms. The van der Waals surface area contributed by atoms with Crippen LogP contribution in [-0.4, -0.2) is 26.2 Å². The number of carbonyl (C=O) groups excluding carboxylic acids is 2. The molecule has 0 spiro atoms. The molecule has 1 rings (SSSR count). The second-order valence-corrected chi connectivity index (χ2v) is 2.85. The maximum Gasteiger partial charge on any atom is 0.373 e. The Bertz CT molecular complexity index is 309. The predicted molar refractivity (Wildman–Crippen MR) is 57.4 cm³/mol. The molecule has 0 unspecified atom stereocenters. The van der Waals surface area contributed by atoms with Crippen molar-refractivity contribution in [3.8, 4) is 0 Å². The molecule has 1 aromatic rings. The summed E-state index contributed by atoms with van der Waals surface area (Å²) < 4.78 is 13.6. The molecule has 0 amide bonds. The van der Waals surface area contributed by atoms with Crippen LogP contribution in [0.3, 0.4) is 0 Å². The van der Waals surface area contributed by atoms with Gasteiger partial charge >= 0.3 is 11.9 Å². The third-order valence-corrected chi connectivity index (χ3v) is 1.38. The van der Waals surface area contributed by atoms with E-state index in [0.717, 1.165) is 0 Å². The number of ether oxygens (including phenoxy) is 2. The largest absolute Gasteiger partial charge is 0.463 e. The van der Waals surface area contributed by atoms with Gasteiger partial charge in [-0.25, -0.2) is 9.59 Å². The predicted octanol–water partition coefficient (Wildman–Crippen LogP) is 2.27. The van der Waals surface area contributed by atoms with Crippen molar-refractivity contribution in [1.82, 2.24) is 0 Å². The highest BCUT2D eigenvalue weighted by Gasteiger charge is 2.15. The number of hydrogen-bond donors (Lipinski definition) is 0. The molecule has 0 aliphatic carbocycles. The van der Waals surface area contributed by atoms with Crippen LogP contribution < -0.4 is 0 Å². The molecule has 0 radical (unpaired) electrons. The van der Waals surface area contributed by atoms with E-state index >= 15 is 0 Å². The molecule has 1 heterocycles. The lowest BCUT2D eigenvalue weighted by atomic mass is 10.4. The molecule has 0 saturated heterocycles. The van der Waals surface area contributed by atoms with Crippen molar-refractivity contribution < 1.29 is 23.5 Å². The highest BCUT2D eigenvalue weighted by molar-refractivity contribution is 5.90. The second kappa shape index (κ2) is 7.50. The Balaban J connectivity index is 0.000000673. The molecular formula is C11H16O5. The van der Waals surface area contributed by atoms with E-state index in [0.29, 0.717) is 0 Å². The van der Waals surface area contributed by atoms with Crippen molar-refractivity contribution >= 4 is 11.9 Å². The Morgan fingerprint density at radius 2 is 1.38 bits per heavy atom. The van der Waals surface area contributed by atoms with Crippen LogP contribution in [0.4, 0.5) is 0 Å². The number of furan rings is 1. The summed E-state index contributed by atoms with van der Waals surface area (Å²) in [5, 5.41) is 0. The van der Waals surface area contributed by atoms with Crippen LogP contribution in [0, 0.1) is 0 Å². The van der Waals surface area contributed by atoms with Crippen LogP contribution in [-0.2, 0) is 9.47 Å². The summed E-state index contributed by atoms with van der Waals surface area (Å²) in [4.78, 5) is 21.7. The van der Waals surface area contributed by atoms with Gasteiger partial charge in [0.1, 0.15) is 0 Å². The maximum atomic E-state index is 10.9. The fourth-order valence-corrected chi connectivity index (χ4v) is 0.758. The van der Waals surface area contributed by atoms with Gasteiger partial charge in [-0.1, -0.05) is 20.3 Å². The van der Waals surface area contributed by atoms with Gasteiger partial charge in [0.25, 0.3) is 0 Å². The Hall–Kier alpha value is -1.78. The van der Waals surface area contributed by atoms with Crippen molar-refractivity contribution in [3.63, 3.8) is 0 Å². The fraction of sp³-hybridized carbons (Fsp3) is 0.455. The summed E-state index contributed by atoms with van der Waals surface area (Å²) in [5.41, 5.74) is 0. The zero-order chi connectivity index (χ0) is 12.6. The number of hydrogen-bond acceptors (Lipinski definition) is 5. The normalized spacial score (nSPS) is 8.75. The summed E-state index contributed by atoms with van der Waals surface area (Å²) in [7, 11) is 2.45. The zero-order valence-corrected chi connectivity index (χ0v) is 9.90. The number of carbonyl (C=O) groups is 2. The van der Waals surface area contributed by atoms with E-state index in [2.05, 4.69) is 23.3 Å². The van der Waals surface area contributed by atoms with Crippen molar-refractivity contribution in [2.45, 2.75) is 20.3 Å². The summed E-state index contributed by atoms with van der Waals surface area (Å²) in [5.74, 6) is -1.31. The van der Waals surface area contributed by atoms with Crippen LogP contribution in [0.25, 0.3) is 0 Å². The van der Waals surface area contributed by atoms with E-state index in [1.54, 1.807) is 0 Å². The SMILES string of the molecule is CCC.COC(=O)c1ccc(C(=O)OC)o1. The summed E-state index contributed by atoms with van der Waals surface area (Å²) in [6.45, 7) is 4.25. The van der Waals surface area contributed by atoms with Gasteiger partial charge in [-0.05, 0) is 12.1 Å². The van der Waals surface area contributed by atoms with Crippen LogP contribution in [0.5, 0.6) is 0 Å². The number of esters is 2. The third kappa shape index (κ3) is 4.16. The first-order valence-electron chi connectivity index (χ1n) is 4.87. The molecule has 0 saturated carbocycles. The average Bonchev–Trinajstić information content (AvgIpc) is 2.77. The van der Waals surface area contributed by atoms with Gasteiger partial charge in [0.2, 0.25) is 11.5 Å². The molecule has 0 N–H and O–H groups in total. The van der Waals surface area contributed by atoms with E-state index < -0.39 is 11.9 Å². The smallest absolute Gasteiger partial charge is 0.373 e. The van der Waals surface area contributed by atoms with Gasteiger partial charge in [0, 0.05) is 0 Å². The Kier molecular flexibility index (Phi) is 6.67. The highest BCUT2D eigenvalue weighted by atomic mass is 16.5. The molecule has 0 aliphatic heterocycles. The first-order chi connectivity index (χ1) is 7.60. The van der Waals surface area contributed by atoms with E-state index in [4.69, 9.17) is 4.42 Å². The van der Waals surface area contributed by atoms with Gasteiger partial charge in [0.05, 0.1) is 14.2 Å². The van der Waals surface area contributed by atoms with Crippen molar-refractivity contribution in [3.05, 3.63) is 23.7 Å². The Morgan fingerprint density at radius 3 is 1.62 bits per heavy atom. The Labute approximate surface area is 94.3 Å². The number of rotatable bonds is 2. The molecule has 5 nitrogen and oxygen atoms in total. The lowest BCUT2D eigenvalue weighted by molar-refractivity contribution is 0.0531. The lowest BCUT2D eigenvalue weighted by Crippen LogP contribution is -2.00.